The Morgan fingerprint density at radius 1 is 1.24 bits per heavy atom. The van der Waals surface area contributed by atoms with Gasteiger partial charge in [0.25, 0.3) is 0 Å². The molecule has 1 aromatic rings. The van der Waals surface area contributed by atoms with E-state index in [0.717, 1.165) is 18.7 Å². The lowest BCUT2D eigenvalue weighted by molar-refractivity contribution is 0.395. The van der Waals surface area contributed by atoms with Crippen molar-refractivity contribution in [2.75, 3.05) is 27.2 Å². The standard InChI is InChI=1S/C13H16N4/c1-17(2)8-7-16-13(10-15)12-5-3-11(9-14)4-6-12/h3-6,13,16H,7-8H2,1-2H3. The summed E-state index contributed by atoms with van der Waals surface area (Å²) in [5, 5.41) is 20.9. The predicted molar refractivity (Wildman–Crippen MR) is 66.1 cm³/mol. The number of rotatable bonds is 5. The SMILES string of the molecule is CN(C)CCNC(C#N)c1ccc(C#N)cc1. The van der Waals surface area contributed by atoms with Crippen LogP contribution in [0.2, 0.25) is 0 Å². The molecule has 0 amide bonds. The second-order valence-electron chi connectivity index (χ2n) is 4.05. The van der Waals surface area contributed by atoms with Crippen molar-refractivity contribution in [2.45, 2.75) is 6.04 Å². The Morgan fingerprint density at radius 3 is 2.35 bits per heavy atom. The van der Waals surface area contributed by atoms with Gasteiger partial charge in [-0.3, -0.25) is 5.32 Å². The molecule has 0 saturated heterocycles. The first-order valence-electron chi connectivity index (χ1n) is 5.45. The zero-order valence-electron chi connectivity index (χ0n) is 10.1. The summed E-state index contributed by atoms with van der Waals surface area (Å²) in [4.78, 5) is 2.06. The fourth-order valence-electron chi connectivity index (χ4n) is 1.42. The van der Waals surface area contributed by atoms with Gasteiger partial charge in [0.15, 0.2) is 0 Å². The van der Waals surface area contributed by atoms with E-state index >= 15 is 0 Å². The van der Waals surface area contributed by atoms with E-state index in [0.29, 0.717) is 5.56 Å². The van der Waals surface area contributed by atoms with Gasteiger partial charge in [0.1, 0.15) is 6.04 Å². The predicted octanol–water partition coefficient (Wildman–Crippen LogP) is 1.27. The maximum absolute atomic E-state index is 9.08. The average Bonchev–Trinajstić information content (AvgIpc) is 2.34. The summed E-state index contributed by atoms with van der Waals surface area (Å²) in [7, 11) is 3.98. The molecule has 0 fully saturated rings. The van der Waals surface area contributed by atoms with E-state index in [2.05, 4.69) is 22.4 Å². The number of nitriles is 2. The van der Waals surface area contributed by atoms with Crippen molar-refractivity contribution >= 4 is 0 Å². The van der Waals surface area contributed by atoms with Crippen molar-refractivity contribution in [3.63, 3.8) is 0 Å². The van der Waals surface area contributed by atoms with Crippen LogP contribution in [0.25, 0.3) is 0 Å². The first-order chi connectivity index (χ1) is 8.17. The molecule has 0 aromatic heterocycles. The fraction of sp³-hybridized carbons (Fsp3) is 0.385. The highest BCUT2D eigenvalue weighted by molar-refractivity contribution is 5.34. The molecule has 0 aliphatic rings. The molecule has 88 valence electrons. The Labute approximate surface area is 102 Å². The van der Waals surface area contributed by atoms with Crippen molar-refractivity contribution in [3.8, 4) is 12.1 Å². The molecule has 0 spiro atoms. The second kappa shape index (κ2) is 6.65. The fourth-order valence-corrected chi connectivity index (χ4v) is 1.42. The summed E-state index contributed by atoms with van der Waals surface area (Å²) >= 11 is 0. The minimum Gasteiger partial charge on any atom is -0.308 e. The van der Waals surface area contributed by atoms with Gasteiger partial charge < -0.3 is 4.90 Å². The molecule has 0 aliphatic carbocycles. The number of hydrogen-bond donors (Lipinski definition) is 1. The molecule has 1 N–H and O–H groups in total. The third kappa shape index (κ3) is 4.24. The third-order valence-corrected chi connectivity index (χ3v) is 2.41. The van der Waals surface area contributed by atoms with Crippen LogP contribution in [-0.4, -0.2) is 32.1 Å². The Bertz CT molecular complexity index is 422. The minimum absolute atomic E-state index is 0.317. The zero-order chi connectivity index (χ0) is 12.7. The molecule has 1 rings (SSSR count). The van der Waals surface area contributed by atoms with Crippen LogP contribution in [-0.2, 0) is 0 Å². The van der Waals surface area contributed by atoms with Crippen molar-refractivity contribution in [1.29, 1.82) is 10.5 Å². The molecule has 17 heavy (non-hydrogen) atoms. The topological polar surface area (TPSA) is 62.9 Å². The molecular formula is C13H16N4. The summed E-state index contributed by atoms with van der Waals surface area (Å²) < 4.78 is 0. The van der Waals surface area contributed by atoms with Crippen LogP contribution in [0.15, 0.2) is 24.3 Å². The van der Waals surface area contributed by atoms with Gasteiger partial charge in [-0.2, -0.15) is 10.5 Å². The highest BCUT2D eigenvalue weighted by Crippen LogP contribution is 2.12. The molecule has 1 unspecified atom stereocenters. The maximum atomic E-state index is 9.08. The van der Waals surface area contributed by atoms with E-state index in [1.165, 1.54) is 0 Å². The van der Waals surface area contributed by atoms with E-state index < -0.39 is 0 Å². The molecule has 1 atom stereocenters. The molecule has 0 heterocycles. The Balaban J connectivity index is 2.61. The lowest BCUT2D eigenvalue weighted by atomic mass is 10.1. The zero-order valence-corrected chi connectivity index (χ0v) is 10.1. The van der Waals surface area contributed by atoms with E-state index in [1.807, 2.05) is 26.2 Å². The van der Waals surface area contributed by atoms with Gasteiger partial charge in [0.2, 0.25) is 0 Å². The normalized spacial score (nSPS) is 11.8. The van der Waals surface area contributed by atoms with Crippen molar-refractivity contribution in [3.05, 3.63) is 35.4 Å². The number of benzene rings is 1. The lowest BCUT2D eigenvalue weighted by Gasteiger charge is -2.14. The van der Waals surface area contributed by atoms with Gasteiger partial charge in [-0.15, -0.1) is 0 Å². The number of nitrogens with zero attached hydrogens (tertiary/aromatic N) is 3. The quantitative estimate of drug-likeness (QED) is 0.824. The van der Waals surface area contributed by atoms with Gasteiger partial charge in [-0.25, -0.2) is 0 Å². The summed E-state index contributed by atoms with van der Waals surface area (Å²) in [6.07, 6.45) is 0. The number of likely N-dealkylation sites (N-methyl/N-ethyl adjacent to an activating group) is 1. The molecule has 0 bridgehead atoms. The molecular weight excluding hydrogens is 212 g/mol. The first kappa shape index (κ1) is 13.2. The minimum atomic E-state index is -0.317. The van der Waals surface area contributed by atoms with Gasteiger partial charge in [0, 0.05) is 13.1 Å². The van der Waals surface area contributed by atoms with Crippen molar-refractivity contribution in [1.82, 2.24) is 10.2 Å². The van der Waals surface area contributed by atoms with Crippen LogP contribution in [0.3, 0.4) is 0 Å². The van der Waals surface area contributed by atoms with E-state index in [9.17, 15) is 0 Å². The summed E-state index contributed by atoms with van der Waals surface area (Å²) in [6.45, 7) is 1.64. The number of hydrogen-bond acceptors (Lipinski definition) is 4. The largest absolute Gasteiger partial charge is 0.308 e. The summed E-state index contributed by atoms with van der Waals surface area (Å²) in [5.74, 6) is 0. The third-order valence-electron chi connectivity index (χ3n) is 2.41. The maximum Gasteiger partial charge on any atom is 0.121 e. The van der Waals surface area contributed by atoms with Gasteiger partial charge in [-0.1, -0.05) is 12.1 Å². The monoisotopic (exact) mass is 228 g/mol. The average molecular weight is 228 g/mol. The molecule has 0 radical (unpaired) electrons. The molecule has 4 nitrogen and oxygen atoms in total. The van der Waals surface area contributed by atoms with Gasteiger partial charge >= 0.3 is 0 Å². The molecule has 0 aliphatic heterocycles. The van der Waals surface area contributed by atoms with Crippen molar-refractivity contribution < 1.29 is 0 Å². The van der Waals surface area contributed by atoms with Crippen LogP contribution in [0, 0.1) is 22.7 Å². The van der Waals surface area contributed by atoms with Crippen LogP contribution >= 0.6 is 0 Å². The van der Waals surface area contributed by atoms with Crippen LogP contribution in [0.4, 0.5) is 0 Å². The van der Waals surface area contributed by atoms with Gasteiger partial charge in [0.05, 0.1) is 17.7 Å². The Hall–Kier alpha value is -1.88. The van der Waals surface area contributed by atoms with E-state index in [4.69, 9.17) is 10.5 Å². The Morgan fingerprint density at radius 2 is 1.88 bits per heavy atom. The number of nitrogens with one attached hydrogen (secondary N) is 1. The second-order valence-corrected chi connectivity index (χ2v) is 4.05. The first-order valence-corrected chi connectivity index (χ1v) is 5.45. The Kier molecular flexibility index (Phi) is 5.16. The summed E-state index contributed by atoms with van der Waals surface area (Å²) in [5.41, 5.74) is 1.50. The summed E-state index contributed by atoms with van der Waals surface area (Å²) in [6, 6.07) is 11.0. The van der Waals surface area contributed by atoms with Gasteiger partial charge in [-0.05, 0) is 31.8 Å². The van der Waals surface area contributed by atoms with Crippen molar-refractivity contribution in [2.24, 2.45) is 0 Å². The molecule has 0 saturated carbocycles. The lowest BCUT2D eigenvalue weighted by Crippen LogP contribution is -2.29. The molecule has 4 heteroatoms. The highest BCUT2D eigenvalue weighted by atomic mass is 15.1. The smallest absolute Gasteiger partial charge is 0.121 e. The van der Waals surface area contributed by atoms with Crippen LogP contribution in [0.1, 0.15) is 17.2 Å². The molecule has 1 aromatic carbocycles. The van der Waals surface area contributed by atoms with E-state index in [1.54, 1.807) is 12.1 Å². The van der Waals surface area contributed by atoms with E-state index in [-0.39, 0.29) is 6.04 Å². The van der Waals surface area contributed by atoms with Crippen LogP contribution < -0.4 is 5.32 Å². The highest BCUT2D eigenvalue weighted by Gasteiger charge is 2.09. The van der Waals surface area contributed by atoms with Crippen LogP contribution in [0.5, 0.6) is 0 Å².